The second-order valence-electron chi connectivity index (χ2n) is 7.10. The van der Waals surface area contributed by atoms with Crippen molar-refractivity contribution in [2.24, 2.45) is 12.0 Å². The van der Waals surface area contributed by atoms with Crippen LogP contribution >= 0.6 is 0 Å². The van der Waals surface area contributed by atoms with Gasteiger partial charge in [0.2, 0.25) is 0 Å². The Bertz CT molecular complexity index is 902. The van der Waals surface area contributed by atoms with Gasteiger partial charge in [-0.15, -0.1) is 10.2 Å². The lowest BCUT2D eigenvalue weighted by atomic mass is 9.92. The fraction of sp³-hybridized carbons (Fsp3) is 0.348. The van der Waals surface area contributed by atoms with Crippen LogP contribution in [0.5, 0.6) is 0 Å². The topological polar surface area (TPSA) is 67.1 Å². The minimum absolute atomic E-state index is 0.347. The number of rotatable bonds is 8. The molecular weight excluding hydrogens is 360 g/mol. The Hall–Kier alpha value is -3.15. The first-order valence-corrected chi connectivity index (χ1v) is 10.1. The van der Waals surface area contributed by atoms with E-state index in [1.54, 1.807) is 0 Å². The third-order valence-corrected chi connectivity index (χ3v) is 5.02. The van der Waals surface area contributed by atoms with Gasteiger partial charge in [-0.25, -0.2) is 4.99 Å². The van der Waals surface area contributed by atoms with E-state index in [4.69, 9.17) is 4.99 Å². The molecule has 0 radical (unpaired) electrons. The van der Waals surface area contributed by atoms with E-state index in [9.17, 15) is 0 Å². The predicted octanol–water partition coefficient (Wildman–Crippen LogP) is 3.21. The molecule has 0 bridgehead atoms. The summed E-state index contributed by atoms with van der Waals surface area (Å²) in [6, 6.07) is 21.3. The van der Waals surface area contributed by atoms with Gasteiger partial charge in [0, 0.05) is 26.1 Å². The van der Waals surface area contributed by atoms with Gasteiger partial charge < -0.3 is 15.2 Å². The van der Waals surface area contributed by atoms with Crippen molar-refractivity contribution in [3.05, 3.63) is 83.4 Å². The van der Waals surface area contributed by atoms with Crippen molar-refractivity contribution in [2.45, 2.75) is 32.7 Å². The molecule has 0 amide bonds. The minimum Gasteiger partial charge on any atom is -0.357 e. The molecule has 152 valence electrons. The second-order valence-corrected chi connectivity index (χ2v) is 7.10. The molecule has 1 unspecified atom stereocenters. The fourth-order valence-electron chi connectivity index (χ4n) is 3.23. The van der Waals surface area contributed by atoms with Gasteiger partial charge in [-0.3, -0.25) is 0 Å². The Balaban J connectivity index is 1.71. The molecule has 3 rings (SSSR count). The monoisotopic (exact) mass is 390 g/mol. The number of nitrogens with one attached hydrogen (secondary N) is 2. The van der Waals surface area contributed by atoms with Crippen molar-refractivity contribution in [2.75, 3.05) is 13.1 Å². The molecule has 0 saturated heterocycles. The van der Waals surface area contributed by atoms with Gasteiger partial charge in [0.1, 0.15) is 12.4 Å². The van der Waals surface area contributed by atoms with Crippen LogP contribution in [0.15, 0.2) is 65.7 Å². The molecule has 0 spiro atoms. The van der Waals surface area contributed by atoms with E-state index in [0.29, 0.717) is 12.5 Å². The van der Waals surface area contributed by atoms with Crippen molar-refractivity contribution < 1.29 is 0 Å². The van der Waals surface area contributed by atoms with Gasteiger partial charge in [0.15, 0.2) is 11.8 Å². The lowest BCUT2D eigenvalue weighted by molar-refractivity contribution is 0.643. The third kappa shape index (κ3) is 5.91. The third-order valence-electron chi connectivity index (χ3n) is 5.02. The van der Waals surface area contributed by atoms with Crippen LogP contribution < -0.4 is 10.6 Å². The largest absolute Gasteiger partial charge is 0.357 e. The van der Waals surface area contributed by atoms with Crippen LogP contribution in [0.2, 0.25) is 0 Å². The smallest absolute Gasteiger partial charge is 0.191 e. The molecule has 0 fully saturated rings. The molecule has 6 heteroatoms. The normalized spacial score (nSPS) is 12.6. The number of nitrogens with zero attached hydrogens (tertiary/aromatic N) is 4. The van der Waals surface area contributed by atoms with Crippen molar-refractivity contribution in [1.82, 2.24) is 25.4 Å². The standard InChI is InChI=1S/C23H30N6/c1-4-24-23(26-17-22-28-27-18(2)29(22)3)25-16-21(20-13-9-6-10-14-20)15-19-11-7-5-8-12-19/h5-14,21H,4,15-17H2,1-3H3,(H2,24,25,26). The molecule has 0 aliphatic rings. The first kappa shape index (κ1) is 20.6. The van der Waals surface area contributed by atoms with Crippen LogP contribution in [0, 0.1) is 6.92 Å². The quantitative estimate of drug-likeness (QED) is 0.458. The highest BCUT2D eigenvalue weighted by Gasteiger charge is 2.13. The predicted molar refractivity (Wildman–Crippen MR) is 118 cm³/mol. The number of hydrogen-bond donors (Lipinski definition) is 2. The molecule has 3 aromatic rings. The minimum atomic E-state index is 0.347. The summed E-state index contributed by atoms with van der Waals surface area (Å²) >= 11 is 0. The van der Waals surface area contributed by atoms with E-state index in [0.717, 1.165) is 37.1 Å². The van der Waals surface area contributed by atoms with Crippen molar-refractivity contribution in [3.63, 3.8) is 0 Å². The summed E-state index contributed by atoms with van der Waals surface area (Å²) in [6.07, 6.45) is 0.972. The van der Waals surface area contributed by atoms with E-state index in [1.165, 1.54) is 11.1 Å². The van der Waals surface area contributed by atoms with E-state index in [-0.39, 0.29) is 0 Å². The molecule has 0 saturated carbocycles. The molecule has 6 nitrogen and oxygen atoms in total. The molecule has 1 aromatic heterocycles. The van der Waals surface area contributed by atoms with Gasteiger partial charge in [-0.2, -0.15) is 0 Å². The first-order valence-electron chi connectivity index (χ1n) is 10.1. The summed E-state index contributed by atoms with van der Waals surface area (Å²) in [4.78, 5) is 4.70. The van der Waals surface area contributed by atoms with E-state index >= 15 is 0 Å². The molecule has 29 heavy (non-hydrogen) atoms. The van der Waals surface area contributed by atoms with Gasteiger partial charge in [0.25, 0.3) is 0 Å². The Morgan fingerprint density at radius 1 is 1.00 bits per heavy atom. The number of aliphatic imine (C=N–C) groups is 1. The summed E-state index contributed by atoms with van der Waals surface area (Å²) in [6.45, 7) is 6.10. The van der Waals surface area contributed by atoms with E-state index in [1.807, 2.05) is 18.5 Å². The fourth-order valence-corrected chi connectivity index (χ4v) is 3.23. The highest BCUT2D eigenvalue weighted by molar-refractivity contribution is 5.79. The molecule has 0 aliphatic carbocycles. The zero-order chi connectivity index (χ0) is 20.5. The van der Waals surface area contributed by atoms with Gasteiger partial charge in [-0.05, 0) is 31.4 Å². The Morgan fingerprint density at radius 2 is 1.69 bits per heavy atom. The Kier molecular flexibility index (Phi) is 7.39. The summed E-state index contributed by atoms with van der Waals surface area (Å²) in [7, 11) is 1.96. The van der Waals surface area contributed by atoms with Crippen LogP contribution in [0.25, 0.3) is 0 Å². The summed E-state index contributed by atoms with van der Waals surface area (Å²) < 4.78 is 1.97. The van der Waals surface area contributed by atoms with Crippen LogP contribution in [-0.4, -0.2) is 33.8 Å². The van der Waals surface area contributed by atoms with Crippen molar-refractivity contribution in [3.8, 4) is 0 Å². The average Bonchev–Trinajstić information content (AvgIpc) is 3.08. The van der Waals surface area contributed by atoms with Crippen LogP contribution in [0.1, 0.15) is 35.6 Å². The number of aromatic nitrogens is 3. The number of aryl methyl sites for hydroxylation is 1. The van der Waals surface area contributed by atoms with E-state index < -0.39 is 0 Å². The van der Waals surface area contributed by atoms with Crippen molar-refractivity contribution >= 4 is 5.96 Å². The van der Waals surface area contributed by atoms with Crippen LogP contribution in [0.4, 0.5) is 0 Å². The average molecular weight is 391 g/mol. The molecule has 1 atom stereocenters. The van der Waals surface area contributed by atoms with Gasteiger partial charge >= 0.3 is 0 Å². The summed E-state index contributed by atoms with van der Waals surface area (Å²) in [5.41, 5.74) is 2.66. The summed E-state index contributed by atoms with van der Waals surface area (Å²) in [5.74, 6) is 2.88. The number of benzene rings is 2. The zero-order valence-corrected chi connectivity index (χ0v) is 17.5. The Morgan fingerprint density at radius 3 is 2.31 bits per heavy atom. The van der Waals surface area contributed by atoms with Crippen LogP contribution in [-0.2, 0) is 20.0 Å². The molecule has 0 aliphatic heterocycles. The molecule has 2 aromatic carbocycles. The lowest BCUT2D eigenvalue weighted by Crippen LogP contribution is -2.39. The molecule has 1 heterocycles. The second kappa shape index (κ2) is 10.4. The SMILES string of the molecule is CCNC(=NCc1nnc(C)n1C)NCC(Cc1ccccc1)c1ccccc1. The zero-order valence-electron chi connectivity index (χ0n) is 17.5. The Labute approximate surface area is 173 Å². The maximum atomic E-state index is 4.70. The van der Waals surface area contributed by atoms with Gasteiger partial charge in [0.05, 0.1) is 0 Å². The number of guanidine groups is 1. The highest BCUT2D eigenvalue weighted by atomic mass is 15.3. The summed E-state index contributed by atoms with van der Waals surface area (Å²) in [5, 5.41) is 15.1. The maximum absolute atomic E-state index is 4.70. The maximum Gasteiger partial charge on any atom is 0.191 e. The van der Waals surface area contributed by atoms with E-state index in [2.05, 4.69) is 88.4 Å². The molecule has 2 N–H and O–H groups in total. The highest BCUT2D eigenvalue weighted by Crippen LogP contribution is 2.20. The first-order chi connectivity index (χ1) is 14.2. The lowest BCUT2D eigenvalue weighted by Gasteiger charge is -2.20. The van der Waals surface area contributed by atoms with Gasteiger partial charge in [-0.1, -0.05) is 60.7 Å². The molecular formula is C23H30N6. The van der Waals surface area contributed by atoms with Crippen LogP contribution in [0.3, 0.4) is 0 Å². The van der Waals surface area contributed by atoms with Crippen molar-refractivity contribution in [1.29, 1.82) is 0 Å². The number of hydrogen-bond acceptors (Lipinski definition) is 3.